The van der Waals surface area contributed by atoms with Gasteiger partial charge in [0.1, 0.15) is 5.75 Å². The van der Waals surface area contributed by atoms with Gasteiger partial charge in [-0.2, -0.15) is 0 Å². The Hall–Kier alpha value is -1.46. The lowest BCUT2D eigenvalue weighted by Crippen LogP contribution is -2.43. The van der Waals surface area contributed by atoms with Crippen molar-refractivity contribution >= 4 is 23.3 Å². The van der Waals surface area contributed by atoms with Crippen molar-refractivity contribution in [2.24, 2.45) is 0 Å². The zero-order valence-corrected chi connectivity index (χ0v) is 12.4. The second-order valence-electron chi connectivity index (χ2n) is 4.78. The first-order valence-corrected chi connectivity index (χ1v) is 7.00. The molecular formula is C14H19ClN2O3. The number of carbonyl (C=O) groups is 1. The number of halogens is 1. The molecule has 1 heterocycles. The number of benzene rings is 1. The maximum atomic E-state index is 12.0. The molecule has 0 saturated carbocycles. The predicted octanol–water partition coefficient (Wildman–Crippen LogP) is 3.04. The van der Waals surface area contributed by atoms with Gasteiger partial charge in [-0.15, -0.1) is 0 Å². The van der Waals surface area contributed by atoms with Crippen molar-refractivity contribution in [1.82, 2.24) is 5.32 Å². The molecule has 20 heavy (non-hydrogen) atoms. The molecule has 2 atom stereocenters. The molecule has 0 radical (unpaired) electrons. The minimum atomic E-state index is -0.298. The molecule has 0 bridgehead atoms. The highest BCUT2D eigenvalue weighted by Gasteiger charge is 2.23. The van der Waals surface area contributed by atoms with Crippen LogP contribution in [0.4, 0.5) is 10.5 Å². The van der Waals surface area contributed by atoms with Gasteiger partial charge in [-0.3, -0.25) is 0 Å². The first-order chi connectivity index (χ1) is 9.60. The SMILES string of the molecule is COc1ccc(Cl)cc1NC(=O)N[C@@H](C)[C@@H]1CCCO1. The minimum Gasteiger partial charge on any atom is -0.495 e. The number of ether oxygens (including phenoxy) is 2. The highest BCUT2D eigenvalue weighted by Crippen LogP contribution is 2.27. The van der Waals surface area contributed by atoms with Gasteiger partial charge in [-0.1, -0.05) is 11.6 Å². The standard InChI is InChI=1S/C14H19ClN2O3/c1-9(12-4-3-7-20-12)16-14(18)17-11-8-10(15)5-6-13(11)19-2/h5-6,8-9,12H,3-4,7H2,1-2H3,(H2,16,17,18)/t9-,12-/m0/s1. The highest BCUT2D eigenvalue weighted by atomic mass is 35.5. The summed E-state index contributed by atoms with van der Waals surface area (Å²) < 4.78 is 10.7. The van der Waals surface area contributed by atoms with Crippen molar-refractivity contribution in [2.45, 2.75) is 31.9 Å². The van der Waals surface area contributed by atoms with Gasteiger partial charge in [0, 0.05) is 11.6 Å². The molecule has 0 unspecified atom stereocenters. The summed E-state index contributed by atoms with van der Waals surface area (Å²) in [5.74, 6) is 0.564. The molecule has 5 nitrogen and oxygen atoms in total. The van der Waals surface area contributed by atoms with Gasteiger partial charge in [-0.25, -0.2) is 4.79 Å². The van der Waals surface area contributed by atoms with Crippen LogP contribution in [0.1, 0.15) is 19.8 Å². The topological polar surface area (TPSA) is 59.6 Å². The van der Waals surface area contributed by atoms with E-state index in [4.69, 9.17) is 21.1 Å². The van der Waals surface area contributed by atoms with E-state index in [1.807, 2.05) is 6.92 Å². The fourth-order valence-corrected chi connectivity index (χ4v) is 2.41. The molecule has 0 aliphatic carbocycles. The number of methoxy groups -OCH3 is 1. The van der Waals surface area contributed by atoms with Crippen molar-refractivity contribution in [3.05, 3.63) is 23.2 Å². The number of rotatable bonds is 4. The van der Waals surface area contributed by atoms with E-state index in [1.54, 1.807) is 25.3 Å². The van der Waals surface area contributed by atoms with Gasteiger partial charge < -0.3 is 20.1 Å². The predicted molar refractivity (Wildman–Crippen MR) is 78.6 cm³/mol. The average molecular weight is 299 g/mol. The summed E-state index contributed by atoms with van der Waals surface area (Å²) in [6.07, 6.45) is 2.10. The molecule has 1 aliphatic heterocycles. The Morgan fingerprint density at radius 3 is 3.00 bits per heavy atom. The molecular weight excluding hydrogens is 280 g/mol. The normalized spacial score (nSPS) is 19.4. The van der Waals surface area contributed by atoms with Gasteiger partial charge in [-0.05, 0) is 38.0 Å². The number of hydrogen-bond donors (Lipinski definition) is 2. The van der Waals surface area contributed by atoms with Crippen LogP contribution in [0.25, 0.3) is 0 Å². The Morgan fingerprint density at radius 2 is 2.35 bits per heavy atom. The van der Waals surface area contributed by atoms with Crippen LogP contribution < -0.4 is 15.4 Å². The fourth-order valence-electron chi connectivity index (χ4n) is 2.23. The zero-order chi connectivity index (χ0) is 14.5. The number of anilines is 1. The Balaban J connectivity index is 1.95. The third kappa shape index (κ3) is 3.77. The zero-order valence-electron chi connectivity index (χ0n) is 11.6. The summed E-state index contributed by atoms with van der Waals surface area (Å²) in [5, 5.41) is 6.14. The Kier molecular flexibility index (Phi) is 5.09. The lowest BCUT2D eigenvalue weighted by molar-refractivity contribution is 0.0868. The number of urea groups is 1. The summed E-state index contributed by atoms with van der Waals surface area (Å²) in [6.45, 7) is 2.70. The van der Waals surface area contributed by atoms with E-state index >= 15 is 0 Å². The Labute approximate surface area is 123 Å². The van der Waals surface area contributed by atoms with E-state index in [0.717, 1.165) is 19.4 Å². The van der Waals surface area contributed by atoms with E-state index in [9.17, 15) is 4.79 Å². The monoisotopic (exact) mass is 298 g/mol. The van der Waals surface area contributed by atoms with Crippen LogP contribution in [0.15, 0.2) is 18.2 Å². The van der Waals surface area contributed by atoms with Crippen LogP contribution in [-0.2, 0) is 4.74 Å². The molecule has 1 aromatic carbocycles. The second kappa shape index (κ2) is 6.81. The van der Waals surface area contributed by atoms with Crippen LogP contribution in [0.3, 0.4) is 0 Å². The quantitative estimate of drug-likeness (QED) is 0.898. The lowest BCUT2D eigenvalue weighted by atomic mass is 10.1. The van der Waals surface area contributed by atoms with Crippen molar-refractivity contribution in [2.75, 3.05) is 19.0 Å². The summed E-state index contributed by atoms with van der Waals surface area (Å²) in [5.41, 5.74) is 0.539. The lowest BCUT2D eigenvalue weighted by Gasteiger charge is -2.20. The van der Waals surface area contributed by atoms with Crippen LogP contribution in [0.2, 0.25) is 5.02 Å². The van der Waals surface area contributed by atoms with Gasteiger partial charge in [0.25, 0.3) is 0 Å². The van der Waals surface area contributed by atoms with Crippen LogP contribution in [0, 0.1) is 0 Å². The van der Waals surface area contributed by atoms with Gasteiger partial charge in [0.05, 0.1) is 24.9 Å². The highest BCUT2D eigenvalue weighted by molar-refractivity contribution is 6.31. The molecule has 6 heteroatoms. The molecule has 110 valence electrons. The Morgan fingerprint density at radius 1 is 1.55 bits per heavy atom. The van der Waals surface area contributed by atoms with Gasteiger partial charge >= 0.3 is 6.03 Å². The number of hydrogen-bond acceptors (Lipinski definition) is 3. The van der Waals surface area contributed by atoms with E-state index in [0.29, 0.717) is 16.5 Å². The van der Waals surface area contributed by atoms with Crippen LogP contribution in [0.5, 0.6) is 5.75 Å². The second-order valence-corrected chi connectivity index (χ2v) is 5.22. The maximum Gasteiger partial charge on any atom is 0.319 e. The van der Waals surface area contributed by atoms with Crippen LogP contribution >= 0.6 is 11.6 Å². The summed E-state index contributed by atoms with van der Waals surface area (Å²) in [6, 6.07) is 4.73. The molecule has 1 fully saturated rings. The number of nitrogens with one attached hydrogen (secondary N) is 2. The van der Waals surface area contributed by atoms with Crippen molar-refractivity contribution in [1.29, 1.82) is 0 Å². The summed E-state index contributed by atoms with van der Waals surface area (Å²) in [4.78, 5) is 12.0. The van der Waals surface area contributed by atoms with E-state index in [-0.39, 0.29) is 18.2 Å². The molecule has 0 aromatic heterocycles. The summed E-state index contributed by atoms with van der Waals surface area (Å²) >= 11 is 5.92. The molecule has 2 amide bonds. The first-order valence-electron chi connectivity index (χ1n) is 6.63. The van der Waals surface area contributed by atoms with E-state index in [2.05, 4.69) is 10.6 Å². The fraction of sp³-hybridized carbons (Fsp3) is 0.500. The van der Waals surface area contributed by atoms with E-state index in [1.165, 1.54) is 0 Å². The van der Waals surface area contributed by atoms with Gasteiger partial charge in [0.15, 0.2) is 0 Å². The molecule has 1 saturated heterocycles. The molecule has 0 spiro atoms. The van der Waals surface area contributed by atoms with E-state index < -0.39 is 0 Å². The largest absolute Gasteiger partial charge is 0.495 e. The minimum absolute atomic E-state index is 0.0392. The number of carbonyl (C=O) groups excluding carboxylic acids is 1. The molecule has 2 rings (SSSR count). The van der Waals surface area contributed by atoms with Crippen molar-refractivity contribution in [3.63, 3.8) is 0 Å². The summed E-state index contributed by atoms with van der Waals surface area (Å²) in [7, 11) is 1.54. The van der Waals surface area contributed by atoms with Crippen molar-refractivity contribution < 1.29 is 14.3 Å². The Bertz CT molecular complexity index is 475. The third-order valence-corrected chi connectivity index (χ3v) is 3.53. The average Bonchev–Trinajstić information content (AvgIpc) is 2.92. The molecule has 1 aliphatic rings. The maximum absolute atomic E-state index is 12.0. The number of amides is 2. The molecule has 1 aromatic rings. The van der Waals surface area contributed by atoms with Gasteiger partial charge in [0.2, 0.25) is 0 Å². The van der Waals surface area contributed by atoms with Crippen molar-refractivity contribution in [3.8, 4) is 5.75 Å². The smallest absolute Gasteiger partial charge is 0.319 e. The first kappa shape index (κ1) is 14.9. The van der Waals surface area contributed by atoms with Crippen LogP contribution in [-0.4, -0.2) is 31.9 Å². The third-order valence-electron chi connectivity index (χ3n) is 3.29. The molecule has 2 N–H and O–H groups in total.